The molecule has 0 aliphatic heterocycles. The van der Waals surface area contributed by atoms with Gasteiger partial charge in [-0.3, -0.25) is 0 Å². The molecule has 3 atom stereocenters. The minimum absolute atomic E-state index is 0.507. The molecular formula is C16H24N2S. The zero-order valence-electron chi connectivity index (χ0n) is 12.1. The molecular weight excluding hydrogens is 252 g/mol. The molecule has 1 fully saturated rings. The monoisotopic (exact) mass is 276 g/mol. The summed E-state index contributed by atoms with van der Waals surface area (Å²) in [6.07, 6.45) is 3.87. The van der Waals surface area contributed by atoms with Gasteiger partial charge in [-0.2, -0.15) is 0 Å². The highest BCUT2D eigenvalue weighted by Crippen LogP contribution is 2.29. The minimum atomic E-state index is 0.507. The second-order valence-electron chi connectivity index (χ2n) is 5.79. The van der Waals surface area contributed by atoms with Crippen LogP contribution < -0.4 is 10.6 Å². The number of hydrogen-bond acceptors (Lipinski definition) is 1. The lowest BCUT2D eigenvalue weighted by molar-refractivity contribution is 0.225. The average molecular weight is 276 g/mol. The molecule has 0 bridgehead atoms. The van der Waals surface area contributed by atoms with Gasteiger partial charge >= 0.3 is 0 Å². The smallest absolute Gasteiger partial charge is 0.171 e. The molecule has 1 saturated carbocycles. The summed E-state index contributed by atoms with van der Waals surface area (Å²) in [5, 5.41) is 7.56. The molecule has 19 heavy (non-hydrogen) atoms. The highest BCUT2D eigenvalue weighted by molar-refractivity contribution is 7.80. The third kappa shape index (κ3) is 3.69. The van der Waals surface area contributed by atoms with Gasteiger partial charge in [0.15, 0.2) is 5.11 Å². The maximum absolute atomic E-state index is 5.45. The first-order valence-corrected chi connectivity index (χ1v) is 7.62. The standard InChI is InChI=1S/C16H24N2S/c1-11-8-6-10-15(13(11)3)18-16(19)17-14-9-5-4-7-12(14)2/h4-5,7,9,11,13,15H,6,8,10H2,1-3H3,(H2,17,18,19). The van der Waals surface area contributed by atoms with Gasteiger partial charge in [0, 0.05) is 11.7 Å². The molecule has 0 amide bonds. The Hall–Kier alpha value is -1.09. The molecule has 1 aromatic rings. The lowest BCUT2D eigenvalue weighted by atomic mass is 9.78. The zero-order valence-corrected chi connectivity index (χ0v) is 12.9. The number of para-hydroxylation sites is 1. The number of aryl methyl sites for hydroxylation is 1. The van der Waals surface area contributed by atoms with Gasteiger partial charge in [-0.15, -0.1) is 0 Å². The van der Waals surface area contributed by atoms with Crippen LogP contribution in [0, 0.1) is 18.8 Å². The second kappa shape index (κ2) is 6.38. The van der Waals surface area contributed by atoms with Crippen molar-refractivity contribution in [3.63, 3.8) is 0 Å². The fraction of sp³-hybridized carbons (Fsp3) is 0.562. The maximum atomic E-state index is 5.45. The minimum Gasteiger partial charge on any atom is -0.359 e. The van der Waals surface area contributed by atoms with E-state index in [0.29, 0.717) is 12.0 Å². The summed E-state index contributed by atoms with van der Waals surface area (Å²) >= 11 is 5.45. The molecule has 1 aliphatic carbocycles. The predicted octanol–water partition coefficient (Wildman–Crippen LogP) is 4.11. The molecule has 2 rings (SSSR count). The SMILES string of the molecule is Cc1ccccc1NC(=S)NC1CCCC(C)C1C. The summed E-state index contributed by atoms with van der Waals surface area (Å²) in [5.41, 5.74) is 2.31. The Morgan fingerprint density at radius 1 is 1.21 bits per heavy atom. The first-order chi connectivity index (χ1) is 9.08. The molecule has 104 valence electrons. The van der Waals surface area contributed by atoms with Crippen LogP contribution in [0.4, 0.5) is 5.69 Å². The third-order valence-corrected chi connectivity index (χ3v) is 4.64. The van der Waals surface area contributed by atoms with Crippen LogP contribution in [-0.2, 0) is 0 Å². The van der Waals surface area contributed by atoms with Gasteiger partial charge in [0.2, 0.25) is 0 Å². The predicted molar refractivity (Wildman–Crippen MR) is 86.5 cm³/mol. The Morgan fingerprint density at radius 2 is 1.95 bits per heavy atom. The molecule has 1 aromatic carbocycles. The van der Waals surface area contributed by atoms with Crippen molar-refractivity contribution in [1.29, 1.82) is 0 Å². The number of anilines is 1. The van der Waals surface area contributed by atoms with E-state index < -0.39 is 0 Å². The van der Waals surface area contributed by atoms with Crippen LogP contribution in [0.15, 0.2) is 24.3 Å². The maximum Gasteiger partial charge on any atom is 0.171 e. The van der Waals surface area contributed by atoms with Crippen LogP contribution in [-0.4, -0.2) is 11.2 Å². The molecule has 0 radical (unpaired) electrons. The lowest BCUT2D eigenvalue weighted by Crippen LogP contribution is -2.45. The van der Waals surface area contributed by atoms with Crippen molar-refractivity contribution in [2.75, 3.05) is 5.32 Å². The van der Waals surface area contributed by atoms with Gasteiger partial charge in [0.1, 0.15) is 0 Å². The van der Waals surface area contributed by atoms with Gasteiger partial charge in [-0.05, 0) is 49.0 Å². The van der Waals surface area contributed by atoms with E-state index >= 15 is 0 Å². The van der Waals surface area contributed by atoms with Gasteiger partial charge in [-0.1, -0.05) is 44.9 Å². The van der Waals surface area contributed by atoms with E-state index in [9.17, 15) is 0 Å². The third-order valence-electron chi connectivity index (χ3n) is 4.42. The van der Waals surface area contributed by atoms with E-state index in [1.165, 1.54) is 24.8 Å². The van der Waals surface area contributed by atoms with Crippen molar-refractivity contribution in [3.8, 4) is 0 Å². The molecule has 3 heteroatoms. The topological polar surface area (TPSA) is 24.1 Å². The number of nitrogens with one attached hydrogen (secondary N) is 2. The number of thiocarbonyl (C=S) groups is 1. The molecule has 1 aliphatic rings. The first-order valence-electron chi connectivity index (χ1n) is 7.21. The van der Waals surface area contributed by atoms with Crippen LogP contribution in [0.3, 0.4) is 0 Å². The highest BCUT2D eigenvalue weighted by atomic mass is 32.1. The van der Waals surface area contributed by atoms with Crippen LogP contribution in [0.1, 0.15) is 38.7 Å². The molecule has 0 spiro atoms. The Bertz CT molecular complexity index is 444. The lowest BCUT2D eigenvalue weighted by Gasteiger charge is -2.35. The Balaban J connectivity index is 1.93. The van der Waals surface area contributed by atoms with Gasteiger partial charge in [0.25, 0.3) is 0 Å². The molecule has 2 N–H and O–H groups in total. The molecule has 3 unspecified atom stereocenters. The summed E-state index contributed by atoms with van der Waals surface area (Å²) < 4.78 is 0. The van der Waals surface area contributed by atoms with Gasteiger partial charge in [-0.25, -0.2) is 0 Å². The van der Waals surface area contributed by atoms with Crippen molar-refractivity contribution in [2.45, 2.75) is 46.1 Å². The van der Waals surface area contributed by atoms with Crippen molar-refractivity contribution in [2.24, 2.45) is 11.8 Å². The van der Waals surface area contributed by atoms with Crippen LogP contribution in [0.5, 0.6) is 0 Å². The molecule has 0 aromatic heterocycles. The molecule has 0 saturated heterocycles. The largest absolute Gasteiger partial charge is 0.359 e. The van der Waals surface area contributed by atoms with E-state index in [1.807, 2.05) is 12.1 Å². The summed E-state index contributed by atoms with van der Waals surface area (Å²) in [6.45, 7) is 6.77. The second-order valence-corrected chi connectivity index (χ2v) is 6.20. The van der Waals surface area contributed by atoms with Crippen LogP contribution in [0.2, 0.25) is 0 Å². The van der Waals surface area contributed by atoms with E-state index in [-0.39, 0.29) is 0 Å². The van der Waals surface area contributed by atoms with E-state index in [0.717, 1.165) is 16.7 Å². The fourth-order valence-corrected chi connectivity index (χ4v) is 3.09. The first kappa shape index (κ1) is 14.3. The summed E-state index contributed by atoms with van der Waals surface area (Å²) in [4.78, 5) is 0. The summed E-state index contributed by atoms with van der Waals surface area (Å²) in [7, 11) is 0. The Kier molecular flexibility index (Phi) is 4.81. The number of benzene rings is 1. The van der Waals surface area contributed by atoms with Crippen LogP contribution in [0.25, 0.3) is 0 Å². The van der Waals surface area contributed by atoms with E-state index in [4.69, 9.17) is 12.2 Å². The number of hydrogen-bond donors (Lipinski definition) is 2. The quantitative estimate of drug-likeness (QED) is 0.795. The molecule has 2 nitrogen and oxygen atoms in total. The normalized spacial score (nSPS) is 26.8. The number of rotatable bonds is 2. The van der Waals surface area contributed by atoms with Gasteiger partial charge < -0.3 is 10.6 Å². The molecule has 0 heterocycles. The Morgan fingerprint density at radius 3 is 2.68 bits per heavy atom. The fourth-order valence-electron chi connectivity index (χ4n) is 2.83. The summed E-state index contributed by atoms with van der Waals surface area (Å²) in [5.74, 6) is 1.47. The van der Waals surface area contributed by atoms with Crippen molar-refractivity contribution in [1.82, 2.24) is 5.32 Å². The van der Waals surface area contributed by atoms with Crippen LogP contribution >= 0.6 is 12.2 Å². The van der Waals surface area contributed by atoms with Crippen molar-refractivity contribution in [3.05, 3.63) is 29.8 Å². The Labute approximate surface area is 122 Å². The zero-order chi connectivity index (χ0) is 13.8. The van der Waals surface area contributed by atoms with Crippen molar-refractivity contribution < 1.29 is 0 Å². The van der Waals surface area contributed by atoms with Gasteiger partial charge in [0.05, 0.1) is 0 Å². The van der Waals surface area contributed by atoms with Crippen molar-refractivity contribution >= 4 is 23.0 Å². The average Bonchev–Trinajstić information content (AvgIpc) is 2.38. The highest BCUT2D eigenvalue weighted by Gasteiger charge is 2.27. The van der Waals surface area contributed by atoms with E-state index in [2.05, 4.69) is 43.5 Å². The van der Waals surface area contributed by atoms with E-state index in [1.54, 1.807) is 0 Å². The summed E-state index contributed by atoms with van der Waals surface area (Å²) in [6, 6.07) is 8.74.